The molecule has 1 aliphatic rings. The van der Waals surface area contributed by atoms with Crippen molar-refractivity contribution in [3.05, 3.63) is 92.4 Å². The molecule has 3 aromatic rings. The van der Waals surface area contributed by atoms with Gasteiger partial charge in [0.1, 0.15) is 22.8 Å². The second-order valence-corrected chi connectivity index (χ2v) is 7.30. The second kappa shape index (κ2) is 7.33. The summed E-state index contributed by atoms with van der Waals surface area (Å²) >= 11 is 6.05. The van der Waals surface area contributed by atoms with E-state index in [1.165, 1.54) is 30.6 Å². The Labute approximate surface area is 170 Å². The number of carbonyl (C=O) groups excluding carboxylic acids is 1. The van der Waals surface area contributed by atoms with E-state index in [0.29, 0.717) is 34.0 Å². The van der Waals surface area contributed by atoms with Crippen LogP contribution in [0.3, 0.4) is 0 Å². The van der Waals surface area contributed by atoms with Gasteiger partial charge in [0, 0.05) is 30.9 Å². The number of ether oxygens (including phenoxy) is 1. The minimum atomic E-state index is -1.13. The molecule has 1 atom stereocenters. The molecule has 0 radical (unpaired) electrons. The van der Waals surface area contributed by atoms with E-state index in [4.69, 9.17) is 16.3 Å². The molecule has 1 aliphatic heterocycles. The zero-order valence-corrected chi connectivity index (χ0v) is 16.2. The van der Waals surface area contributed by atoms with Crippen LogP contribution in [0.15, 0.2) is 53.6 Å². The van der Waals surface area contributed by atoms with Crippen LogP contribution in [0.2, 0.25) is 5.02 Å². The molecule has 0 spiro atoms. The molecule has 148 valence electrons. The van der Waals surface area contributed by atoms with Crippen molar-refractivity contribution in [3.63, 3.8) is 0 Å². The maximum Gasteiger partial charge on any atom is 0.253 e. The Kier molecular flexibility index (Phi) is 4.84. The summed E-state index contributed by atoms with van der Waals surface area (Å²) in [6.07, 6.45) is 3.13. The molecule has 2 N–H and O–H groups in total. The van der Waals surface area contributed by atoms with E-state index >= 15 is 0 Å². The molecule has 2 aromatic heterocycles. The Hall–Kier alpha value is -3.19. The summed E-state index contributed by atoms with van der Waals surface area (Å²) in [5.41, 5.74) is 0.294. The van der Waals surface area contributed by atoms with Gasteiger partial charge in [-0.25, -0.2) is 4.39 Å². The first-order valence-electron chi connectivity index (χ1n) is 8.96. The van der Waals surface area contributed by atoms with Crippen molar-refractivity contribution in [3.8, 4) is 5.75 Å². The lowest BCUT2D eigenvalue weighted by atomic mass is 9.80. The molecular formula is C21H17ClFN3O3. The fourth-order valence-electron chi connectivity index (χ4n) is 3.43. The van der Waals surface area contributed by atoms with E-state index in [1.54, 1.807) is 25.1 Å². The van der Waals surface area contributed by atoms with E-state index in [1.807, 2.05) is 0 Å². The zero-order valence-electron chi connectivity index (χ0n) is 15.5. The molecule has 0 unspecified atom stereocenters. The van der Waals surface area contributed by atoms with Crippen LogP contribution in [0.1, 0.15) is 33.6 Å². The molecule has 0 bridgehead atoms. The first kappa shape index (κ1) is 19.1. The van der Waals surface area contributed by atoms with Gasteiger partial charge in [0.15, 0.2) is 0 Å². The van der Waals surface area contributed by atoms with Gasteiger partial charge in [0.2, 0.25) is 5.56 Å². The van der Waals surface area contributed by atoms with Crippen molar-refractivity contribution < 1.29 is 13.9 Å². The highest BCUT2D eigenvalue weighted by atomic mass is 35.5. The molecule has 1 amide bonds. The number of fused-ring (bicyclic) bond motifs is 1. The maximum atomic E-state index is 14.4. The van der Waals surface area contributed by atoms with Crippen molar-refractivity contribution in [2.24, 2.45) is 0 Å². The van der Waals surface area contributed by atoms with Gasteiger partial charge in [0.05, 0.1) is 17.2 Å². The minimum Gasteiger partial charge on any atom is -0.491 e. The number of aromatic amines is 1. The Morgan fingerprint density at radius 2 is 2.14 bits per heavy atom. The first-order valence-corrected chi connectivity index (χ1v) is 9.33. The topological polar surface area (TPSA) is 84.1 Å². The molecule has 3 heterocycles. The summed E-state index contributed by atoms with van der Waals surface area (Å²) in [5.74, 6) is -0.402. The van der Waals surface area contributed by atoms with Crippen LogP contribution in [-0.2, 0) is 5.54 Å². The molecule has 6 nitrogen and oxygen atoms in total. The van der Waals surface area contributed by atoms with Gasteiger partial charge in [-0.15, -0.1) is 0 Å². The van der Waals surface area contributed by atoms with Crippen LogP contribution in [0, 0.1) is 12.7 Å². The van der Waals surface area contributed by atoms with E-state index < -0.39 is 11.4 Å². The SMILES string of the molecule is Cc1ccc([C@@]2(NC(=O)c3ccc(=O)[nH]c3)CCOc3cc(Cl)cnc32)cc1F. The predicted molar refractivity (Wildman–Crippen MR) is 106 cm³/mol. The number of benzene rings is 1. The summed E-state index contributed by atoms with van der Waals surface area (Å²) in [7, 11) is 0. The first-order chi connectivity index (χ1) is 13.9. The summed E-state index contributed by atoms with van der Waals surface area (Å²) in [4.78, 5) is 31.2. The molecule has 8 heteroatoms. The third kappa shape index (κ3) is 3.49. The lowest BCUT2D eigenvalue weighted by Gasteiger charge is -2.39. The van der Waals surface area contributed by atoms with Crippen molar-refractivity contribution in [1.82, 2.24) is 15.3 Å². The number of H-pyrrole nitrogens is 1. The highest BCUT2D eigenvalue weighted by Gasteiger charge is 2.43. The number of aryl methyl sites for hydroxylation is 1. The average Bonchev–Trinajstić information content (AvgIpc) is 2.70. The van der Waals surface area contributed by atoms with Gasteiger partial charge >= 0.3 is 0 Å². The van der Waals surface area contributed by atoms with Crippen LogP contribution in [0.4, 0.5) is 4.39 Å². The van der Waals surface area contributed by atoms with E-state index in [9.17, 15) is 14.0 Å². The number of amides is 1. The summed E-state index contributed by atoms with van der Waals surface area (Å²) in [6.45, 7) is 1.94. The number of hydrogen-bond acceptors (Lipinski definition) is 4. The highest BCUT2D eigenvalue weighted by molar-refractivity contribution is 6.30. The number of hydrogen-bond donors (Lipinski definition) is 2. The number of nitrogens with zero attached hydrogens (tertiary/aromatic N) is 1. The fourth-order valence-corrected chi connectivity index (χ4v) is 3.58. The van der Waals surface area contributed by atoms with Crippen molar-refractivity contribution in [1.29, 1.82) is 0 Å². The van der Waals surface area contributed by atoms with E-state index in [2.05, 4.69) is 15.3 Å². The van der Waals surface area contributed by atoms with Crippen LogP contribution in [0.5, 0.6) is 5.75 Å². The third-order valence-electron chi connectivity index (χ3n) is 5.00. The van der Waals surface area contributed by atoms with Crippen LogP contribution >= 0.6 is 11.6 Å². The van der Waals surface area contributed by atoms with Gasteiger partial charge < -0.3 is 15.0 Å². The molecule has 29 heavy (non-hydrogen) atoms. The Bertz CT molecular complexity index is 1140. The maximum absolute atomic E-state index is 14.4. The van der Waals surface area contributed by atoms with Gasteiger partial charge in [-0.2, -0.15) is 0 Å². The number of halogens is 2. The molecule has 1 aromatic carbocycles. The molecule has 4 rings (SSSR count). The summed E-state index contributed by atoms with van der Waals surface area (Å²) in [5, 5.41) is 3.38. The zero-order chi connectivity index (χ0) is 20.6. The van der Waals surface area contributed by atoms with Crippen molar-refractivity contribution in [2.75, 3.05) is 6.61 Å². The number of nitrogens with one attached hydrogen (secondary N) is 2. The Morgan fingerprint density at radius 3 is 2.86 bits per heavy atom. The van der Waals surface area contributed by atoms with E-state index in [0.717, 1.165) is 0 Å². The smallest absolute Gasteiger partial charge is 0.253 e. The Balaban J connectivity index is 1.87. The monoisotopic (exact) mass is 413 g/mol. The van der Waals surface area contributed by atoms with Crippen molar-refractivity contribution in [2.45, 2.75) is 18.9 Å². The van der Waals surface area contributed by atoms with Gasteiger partial charge in [-0.1, -0.05) is 23.7 Å². The van der Waals surface area contributed by atoms with Gasteiger partial charge in [0.25, 0.3) is 5.91 Å². The lowest BCUT2D eigenvalue weighted by molar-refractivity contribution is 0.0883. The molecule has 0 saturated heterocycles. The largest absolute Gasteiger partial charge is 0.491 e. The average molecular weight is 414 g/mol. The third-order valence-corrected chi connectivity index (χ3v) is 5.20. The lowest BCUT2D eigenvalue weighted by Crippen LogP contribution is -2.50. The van der Waals surface area contributed by atoms with E-state index in [-0.39, 0.29) is 23.5 Å². The molecule has 0 aliphatic carbocycles. The Morgan fingerprint density at radius 1 is 1.31 bits per heavy atom. The number of rotatable bonds is 3. The van der Waals surface area contributed by atoms with Crippen LogP contribution < -0.4 is 15.6 Å². The van der Waals surface area contributed by atoms with Crippen LogP contribution in [-0.4, -0.2) is 22.5 Å². The molecule has 0 saturated carbocycles. The quantitative estimate of drug-likeness (QED) is 0.689. The minimum absolute atomic E-state index is 0.263. The number of aromatic nitrogens is 2. The standard InChI is InChI=1S/C21H17ClFN3O3/c1-12-2-4-14(8-16(12)23)21(26-20(28)13-3-5-18(27)24-10-13)6-7-29-17-9-15(22)11-25-19(17)21/h2-5,8-11H,6-7H2,1H3,(H,24,27)(H,26,28)/t21-/m0/s1. The van der Waals surface area contributed by atoms with Crippen LogP contribution in [0.25, 0.3) is 0 Å². The van der Waals surface area contributed by atoms with Gasteiger partial charge in [-0.05, 0) is 30.2 Å². The normalized spacial score (nSPS) is 17.9. The second-order valence-electron chi connectivity index (χ2n) is 6.86. The number of carbonyl (C=O) groups is 1. The molecule has 0 fully saturated rings. The fraction of sp³-hybridized carbons (Fsp3) is 0.190. The summed E-state index contributed by atoms with van der Waals surface area (Å²) < 4.78 is 20.1. The predicted octanol–water partition coefficient (Wildman–Crippen LogP) is 3.33. The molecular weight excluding hydrogens is 397 g/mol. The highest BCUT2D eigenvalue weighted by Crippen LogP contribution is 2.42. The van der Waals surface area contributed by atoms with Crippen molar-refractivity contribution >= 4 is 17.5 Å². The van der Waals surface area contributed by atoms with Gasteiger partial charge in [-0.3, -0.25) is 14.6 Å². The summed E-state index contributed by atoms with van der Waals surface area (Å²) in [6, 6.07) is 9.12. The number of pyridine rings is 2.